The van der Waals surface area contributed by atoms with Crippen LogP contribution in [-0.2, 0) is 0 Å². The highest BCUT2D eigenvalue weighted by Gasteiger charge is 2.46. The predicted octanol–water partition coefficient (Wildman–Crippen LogP) is 2.66. The Morgan fingerprint density at radius 1 is 1.31 bits per heavy atom. The van der Waals surface area contributed by atoms with Crippen molar-refractivity contribution in [3.05, 3.63) is 0 Å². The number of hydrogen-bond acceptors (Lipinski definition) is 1. The lowest BCUT2D eigenvalue weighted by Crippen LogP contribution is -2.43. The molecule has 0 aromatic heterocycles. The zero-order valence-corrected chi connectivity index (χ0v) is 8.76. The van der Waals surface area contributed by atoms with Crippen LogP contribution in [0.2, 0.25) is 0 Å². The van der Waals surface area contributed by atoms with Gasteiger partial charge in [0.25, 0.3) is 0 Å². The Morgan fingerprint density at radius 2 is 2.15 bits per heavy atom. The minimum absolute atomic E-state index is 0.713. The standard InChI is InChI=1S/C12H21N/c1-12(5-3-6-12)9-13-7-2-4-10-8-11(10)13/h10-11H,2-9H2,1H3. The van der Waals surface area contributed by atoms with Crippen LogP contribution in [0.15, 0.2) is 0 Å². The van der Waals surface area contributed by atoms with Gasteiger partial charge in [0.05, 0.1) is 0 Å². The molecule has 1 aliphatic heterocycles. The van der Waals surface area contributed by atoms with E-state index < -0.39 is 0 Å². The van der Waals surface area contributed by atoms with Crippen LogP contribution in [0.4, 0.5) is 0 Å². The fraction of sp³-hybridized carbons (Fsp3) is 1.00. The second-order valence-corrected chi connectivity index (χ2v) is 5.84. The van der Waals surface area contributed by atoms with Gasteiger partial charge >= 0.3 is 0 Å². The molecule has 2 aliphatic carbocycles. The molecule has 1 heterocycles. The molecule has 0 N–H and O–H groups in total. The molecule has 2 unspecified atom stereocenters. The van der Waals surface area contributed by atoms with Gasteiger partial charge in [0, 0.05) is 12.6 Å². The van der Waals surface area contributed by atoms with Gasteiger partial charge in [-0.25, -0.2) is 0 Å². The molecule has 1 heteroatoms. The third-order valence-corrected chi connectivity index (χ3v) is 4.52. The molecular formula is C12H21N. The van der Waals surface area contributed by atoms with E-state index >= 15 is 0 Å². The van der Waals surface area contributed by atoms with Crippen LogP contribution in [0.1, 0.15) is 45.4 Å². The molecule has 0 bridgehead atoms. The smallest absolute Gasteiger partial charge is 0.0128 e. The number of likely N-dealkylation sites (tertiary alicyclic amines) is 1. The van der Waals surface area contributed by atoms with Crippen molar-refractivity contribution in [1.82, 2.24) is 4.90 Å². The first kappa shape index (κ1) is 8.28. The van der Waals surface area contributed by atoms with Gasteiger partial charge in [-0.2, -0.15) is 0 Å². The van der Waals surface area contributed by atoms with Gasteiger partial charge in [-0.1, -0.05) is 13.3 Å². The highest BCUT2D eigenvalue weighted by atomic mass is 15.2. The maximum Gasteiger partial charge on any atom is 0.0128 e. The van der Waals surface area contributed by atoms with Crippen molar-refractivity contribution in [2.45, 2.75) is 51.5 Å². The van der Waals surface area contributed by atoms with Crippen molar-refractivity contribution in [2.75, 3.05) is 13.1 Å². The van der Waals surface area contributed by atoms with Gasteiger partial charge < -0.3 is 0 Å². The summed E-state index contributed by atoms with van der Waals surface area (Å²) in [5.41, 5.74) is 0.713. The Balaban J connectivity index is 1.59. The third kappa shape index (κ3) is 1.41. The highest BCUT2D eigenvalue weighted by molar-refractivity contribution is 5.00. The van der Waals surface area contributed by atoms with Crippen LogP contribution in [0, 0.1) is 11.3 Å². The fourth-order valence-electron chi connectivity index (χ4n) is 3.34. The molecule has 3 fully saturated rings. The van der Waals surface area contributed by atoms with Crippen molar-refractivity contribution in [3.63, 3.8) is 0 Å². The largest absolute Gasteiger partial charge is 0.300 e. The number of piperidine rings is 1. The zero-order chi connectivity index (χ0) is 8.89. The minimum atomic E-state index is 0.713. The normalized spacial score (nSPS) is 42.2. The molecule has 0 spiro atoms. The van der Waals surface area contributed by atoms with Gasteiger partial charge in [-0.15, -0.1) is 0 Å². The van der Waals surface area contributed by atoms with E-state index in [1.54, 1.807) is 0 Å². The van der Waals surface area contributed by atoms with E-state index in [9.17, 15) is 0 Å². The number of nitrogens with zero attached hydrogens (tertiary/aromatic N) is 1. The van der Waals surface area contributed by atoms with E-state index in [4.69, 9.17) is 0 Å². The summed E-state index contributed by atoms with van der Waals surface area (Å²) in [5, 5.41) is 0. The second-order valence-electron chi connectivity index (χ2n) is 5.84. The van der Waals surface area contributed by atoms with E-state index in [0.29, 0.717) is 5.41 Å². The molecule has 1 saturated heterocycles. The first-order valence-electron chi connectivity index (χ1n) is 6.01. The van der Waals surface area contributed by atoms with Crippen LogP contribution in [0.5, 0.6) is 0 Å². The lowest BCUT2D eigenvalue weighted by atomic mass is 9.70. The molecule has 0 radical (unpaired) electrons. The van der Waals surface area contributed by atoms with E-state index in [1.165, 1.54) is 51.6 Å². The second kappa shape index (κ2) is 2.73. The lowest BCUT2D eigenvalue weighted by molar-refractivity contribution is 0.0685. The molecule has 0 amide bonds. The van der Waals surface area contributed by atoms with E-state index in [1.807, 2.05) is 0 Å². The Kier molecular flexibility index (Phi) is 1.74. The fourth-order valence-corrected chi connectivity index (χ4v) is 3.34. The molecule has 0 aromatic carbocycles. The quantitative estimate of drug-likeness (QED) is 0.630. The highest BCUT2D eigenvalue weighted by Crippen LogP contribution is 2.47. The Bertz CT molecular complexity index is 207. The van der Waals surface area contributed by atoms with E-state index in [2.05, 4.69) is 11.8 Å². The molecular weight excluding hydrogens is 158 g/mol. The number of hydrogen-bond donors (Lipinski definition) is 0. The Morgan fingerprint density at radius 3 is 2.85 bits per heavy atom. The topological polar surface area (TPSA) is 3.24 Å². The third-order valence-electron chi connectivity index (χ3n) is 4.52. The summed E-state index contributed by atoms with van der Waals surface area (Å²) in [6.45, 7) is 5.30. The van der Waals surface area contributed by atoms with Crippen molar-refractivity contribution in [2.24, 2.45) is 11.3 Å². The van der Waals surface area contributed by atoms with Gasteiger partial charge in [0.2, 0.25) is 0 Å². The van der Waals surface area contributed by atoms with E-state index in [0.717, 1.165) is 12.0 Å². The molecule has 3 aliphatic rings. The van der Waals surface area contributed by atoms with Gasteiger partial charge in [0.15, 0.2) is 0 Å². The van der Waals surface area contributed by atoms with Crippen molar-refractivity contribution in [3.8, 4) is 0 Å². The zero-order valence-electron chi connectivity index (χ0n) is 8.76. The van der Waals surface area contributed by atoms with Gasteiger partial charge in [-0.05, 0) is 50.0 Å². The minimum Gasteiger partial charge on any atom is -0.300 e. The Hall–Kier alpha value is -0.0400. The maximum atomic E-state index is 2.80. The van der Waals surface area contributed by atoms with Gasteiger partial charge in [0.1, 0.15) is 0 Å². The van der Waals surface area contributed by atoms with Crippen LogP contribution >= 0.6 is 0 Å². The Labute approximate surface area is 81.5 Å². The summed E-state index contributed by atoms with van der Waals surface area (Å²) in [7, 11) is 0. The molecule has 2 saturated carbocycles. The van der Waals surface area contributed by atoms with Gasteiger partial charge in [-0.3, -0.25) is 4.90 Å². The van der Waals surface area contributed by atoms with E-state index in [-0.39, 0.29) is 0 Å². The van der Waals surface area contributed by atoms with Crippen LogP contribution < -0.4 is 0 Å². The summed E-state index contributed by atoms with van der Waals surface area (Å²) in [5.74, 6) is 1.11. The van der Waals surface area contributed by atoms with Crippen LogP contribution in [0.3, 0.4) is 0 Å². The number of rotatable bonds is 2. The summed E-state index contributed by atoms with van der Waals surface area (Å²) < 4.78 is 0. The SMILES string of the molecule is CC1(CN2CCCC3CC32)CCC1. The van der Waals surface area contributed by atoms with Crippen molar-refractivity contribution in [1.29, 1.82) is 0 Å². The predicted molar refractivity (Wildman–Crippen MR) is 54.7 cm³/mol. The van der Waals surface area contributed by atoms with Crippen LogP contribution in [0.25, 0.3) is 0 Å². The van der Waals surface area contributed by atoms with Crippen LogP contribution in [-0.4, -0.2) is 24.0 Å². The van der Waals surface area contributed by atoms with Crippen molar-refractivity contribution < 1.29 is 0 Å². The lowest BCUT2D eigenvalue weighted by Gasteiger charge is -2.43. The summed E-state index contributed by atoms with van der Waals surface area (Å²) in [4.78, 5) is 2.80. The molecule has 13 heavy (non-hydrogen) atoms. The summed E-state index contributed by atoms with van der Waals surface area (Å²) >= 11 is 0. The maximum absolute atomic E-state index is 2.80. The monoisotopic (exact) mass is 179 g/mol. The molecule has 3 rings (SSSR count). The first-order chi connectivity index (χ1) is 6.27. The molecule has 2 atom stereocenters. The molecule has 1 nitrogen and oxygen atoms in total. The summed E-state index contributed by atoms with van der Waals surface area (Å²) in [6, 6.07) is 1.02. The molecule has 74 valence electrons. The number of fused-ring (bicyclic) bond motifs is 1. The average molecular weight is 179 g/mol. The summed E-state index contributed by atoms with van der Waals surface area (Å²) in [6.07, 6.45) is 8.98. The first-order valence-corrected chi connectivity index (χ1v) is 6.01. The molecule has 0 aromatic rings. The average Bonchev–Trinajstić information content (AvgIpc) is 2.81. The van der Waals surface area contributed by atoms with Crippen molar-refractivity contribution >= 4 is 0 Å².